The highest BCUT2D eigenvalue weighted by Gasteiger charge is 2.16. The monoisotopic (exact) mass is 390 g/mol. The minimum atomic E-state index is -0.696. The molecule has 2 heterocycles. The molecule has 0 unspecified atom stereocenters. The number of Topliss-reactive ketones (excluding diaryl/α,β-unsaturated/α-hetero) is 1. The van der Waals surface area contributed by atoms with Crippen LogP contribution in [0.4, 0.5) is 0 Å². The fraction of sp³-hybridized carbons (Fsp3) is 0.222. The molecule has 8 heteroatoms. The van der Waals surface area contributed by atoms with Crippen LogP contribution in [0.5, 0.6) is 0 Å². The number of hydrogen-bond acceptors (Lipinski definition) is 6. The summed E-state index contributed by atoms with van der Waals surface area (Å²) < 4.78 is 6.17. The molecule has 0 bridgehead atoms. The maximum atomic E-state index is 12.5. The van der Waals surface area contributed by atoms with E-state index in [1.54, 1.807) is 24.3 Å². The van der Waals surface area contributed by atoms with Crippen LogP contribution in [0.15, 0.2) is 35.4 Å². The van der Waals surface area contributed by atoms with Gasteiger partial charge < -0.3 is 4.74 Å². The summed E-state index contributed by atoms with van der Waals surface area (Å²) in [6, 6.07) is 6.52. The molecule has 0 N–H and O–H groups in total. The number of thiophene rings is 1. The Morgan fingerprint density at radius 2 is 2.00 bits per heavy atom. The van der Waals surface area contributed by atoms with Crippen molar-refractivity contribution in [3.63, 3.8) is 0 Å². The molecule has 1 aromatic carbocycles. The quantitative estimate of drug-likeness (QED) is 0.494. The van der Waals surface area contributed by atoms with Crippen LogP contribution in [-0.2, 0) is 16.1 Å². The van der Waals surface area contributed by atoms with Crippen LogP contribution >= 0.6 is 22.9 Å². The second-order valence-corrected chi connectivity index (χ2v) is 7.32. The van der Waals surface area contributed by atoms with Crippen molar-refractivity contribution in [3.05, 3.63) is 62.0 Å². The molecule has 0 saturated heterocycles. The van der Waals surface area contributed by atoms with Crippen LogP contribution < -0.4 is 5.56 Å². The van der Waals surface area contributed by atoms with E-state index in [0.29, 0.717) is 15.2 Å². The summed E-state index contributed by atoms with van der Waals surface area (Å²) in [5.74, 6) is -1.10. The number of nitrogens with zero attached hydrogens (tertiary/aromatic N) is 2. The number of hydrogen-bond donors (Lipinski definition) is 0. The molecule has 0 aliphatic rings. The maximum absolute atomic E-state index is 12.5. The average molecular weight is 391 g/mol. The van der Waals surface area contributed by atoms with E-state index < -0.39 is 18.4 Å². The molecule has 134 valence electrons. The van der Waals surface area contributed by atoms with Gasteiger partial charge in [0.25, 0.3) is 5.56 Å². The van der Waals surface area contributed by atoms with E-state index in [1.165, 1.54) is 22.2 Å². The van der Waals surface area contributed by atoms with E-state index >= 15 is 0 Å². The Kier molecular flexibility index (Phi) is 5.20. The molecule has 0 saturated carbocycles. The highest BCUT2D eigenvalue weighted by atomic mass is 35.5. The van der Waals surface area contributed by atoms with Gasteiger partial charge in [0, 0.05) is 10.4 Å². The van der Waals surface area contributed by atoms with E-state index in [1.807, 2.05) is 13.8 Å². The van der Waals surface area contributed by atoms with Crippen LogP contribution in [0.25, 0.3) is 10.2 Å². The van der Waals surface area contributed by atoms with Gasteiger partial charge >= 0.3 is 5.97 Å². The molecule has 0 aliphatic carbocycles. The number of esters is 1. The first kappa shape index (κ1) is 18.3. The van der Waals surface area contributed by atoms with Gasteiger partial charge in [0.05, 0.1) is 16.7 Å². The van der Waals surface area contributed by atoms with Crippen LogP contribution in [0.1, 0.15) is 20.8 Å². The molecular formula is C18H15ClN2O4S. The molecular weight excluding hydrogens is 376 g/mol. The highest BCUT2D eigenvalue weighted by Crippen LogP contribution is 2.25. The van der Waals surface area contributed by atoms with Crippen molar-refractivity contribution in [3.8, 4) is 0 Å². The zero-order valence-electron chi connectivity index (χ0n) is 14.1. The Morgan fingerprint density at radius 3 is 2.73 bits per heavy atom. The van der Waals surface area contributed by atoms with Crippen LogP contribution in [-0.4, -0.2) is 27.9 Å². The van der Waals surface area contributed by atoms with Gasteiger partial charge in [-0.3, -0.25) is 19.0 Å². The third-order valence-electron chi connectivity index (χ3n) is 3.99. The number of aryl methyl sites for hydroxylation is 2. The topological polar surface area (TPSA) is 78.3 Å². The third kappa shape index (κ3) is 3.54. The van der Waals surface area contributed by atoms with Crippen molar-refractivity contribution >= 4 is 44.9 Å². The third-order valence-corrected chi connectivity index (χ3v) is 5.44. The molecule has 3 aromatic rings. The van der Waals surface area contributed by atoms with Gasteiger partial charge in [-0.05, 0) is 31.5 Å². The molecule has 0 aliphatic heterocycles. The summed E-state index contributed by atoms with van der Waals surface area (Å²) in [6.07, 6.45) is 1.32. The number of aromatic nitrogens is 2. The van der Waals surface area contributed by atoms with E-state index in [4.69, 9.17) is 16.3 Å². The van der Waals surface area contributed by atoms with Gasteiger partial charge in [-0.15, -0.1) is 11.3 Å². The Morgan fingerprint density at radius 1 is 1.27 bits per heavy atom. The minimum absolute atomic E-state index is 0.284. The fourth-order valence-corrected chi connectivity index (χ4v) is 3.71. The lowest BCUT2D eigenvalue weighted by atomic mass is 10.1. The second kappa shape index (κ2) is 7.39. The van der Waals surface area contributed by atoms with Gasteiger partial charge in [-0.25, -0.2) is 4.98 Å². The summed E-state index contributed by atoms with van der Waals surface area (Å²) >= 11 is 7.38. The Hall–Kier alpha value is -2.51. The van der Waals surface area contributed by atoms with Crippen molar-refractivity contribution < 1.29 is 14.3 Å². The second-order valence-electron chi connectivity index (χ2n) is 5.70. The minimum Gasteiger partial charge on any atom is -0.456 e. The molecule has 3 rings (SSSR count). The van der Waals surface area contributed by atoms with Crippen LogP contribution in [0, 0.1) is 13.8 Å². The number of halogens is 1. The summed E-state index contributed by atoms with van der Waals surface area (Å²) in [5, 5.41) is 0.803. The zero-order chi connectivity index (χ0) is 18.8. The SMILES string of the molecule is Cc1sc2ncn(CC(=O)OCC(=O)c3ccccc3Cl)c(=O)c2c1C. The van der Waals surface area contributed by atoms with Gasteiger partial charge in [-0.1, -0.05) is 23.7 Å². The standard InChI is InChI=1S/C18H15ClN2O4S/c1-10-11(2)26-17-16(10)18(24)21(9-20-17)7-15(23)25-8-14(22)12-5-3-4-6-13(12)19/h3-6,9H,7-8H2,1-2H3. The number of ether oxygens (including phenoxy) is 1. The molecule has 2 aromatic heterocycles. The molecule has 6 nitrogen and oxygen atoms in total. The normalized spacial score (nSPS) is 10.9. The van der Waals surface area contributed by atoms with Crippen LogP contribution in [0.3, 0.4) is 0 Å². The zero-order valence-corrected chi connectivity index (χ0v) is 15.7. The number of carbonyl (C=O) groups excluding carboxylic acids is 2. The molecule has 0 fully saturated rings. The maximum Gasteiger partial charge on any atom is 0.326 e. The smallest absolute Gasteiger partial charge is 0.326 e. The lowest BCUT2D eigenvalue weighted by molar-refractivity contribution is -0.143. The number of fused-ring (bicyclic) bond motifs is 1. The summed E-state index contributed by atoms with van der Waals surface area (Å²) in [6.45, 7) is 3.01. The van der Waals surface area contributed by atoms with Gasteiger partial charge in [0.15, 0.2) is 6.61 Å². The first-order valence-corrected chi connectivity index (χ1v) is 8.96. The van der Waals surface area contributed by atoms with E-state index in [0.717, 1.165) is 10.4 Å². The first-order chi connectivity index (χ1) is 12.4. The fourth-order valence-electron chi connectivity index (χ4n) is 2.48. The Labute approximate surface area is 158 Å². The van der Waals surface area contributed by atoms with Crippen molar-refractivity contribution in [2.45, 2.75) is 20.4 Å². The molecule has 26 heavy (non-hydrogen) atoms. The Bertz CT molecular complexity index is 1070. The number of benzene rings is 1. The first-order valence-electron chi connectivity index (χ1n) is 7.77. The lowest BCUT2D eigenvalue weighted by Crippen LogP contribution is -2.26. The lowest BCUT2D eigenvalue weighted by Gasteiger charge is -2.07. The van der Waals surface area contributed by atoms with Crippen molar-refractivity contribution in [1.29, 1.82) is 0 Å². The van der Waals surface area contributed by atoms with Crippen molar-refractivity contribution in [2.75, 3.05) is 6.61 Å². The molecule has 0 spiro atoms. The van der Waals surface area contributed by atoms with Crippen LogP contribution in [0.2, 0.25) is 5.02 Å². The van der Waals surface area contributed by atoms with E-state index in [-0.39, 0.29) is 17.7 Å². The van der Waals surface area contributed by atoms with E-state index in [2.05, 4.69) is 4.98 Å². The summed E-state index contributed by atoms with van der Waals surface area (Å²) in [5.41, 5.74) is 0.844. The highest BCUT2D eigenvalue weighted by molar-refractivity contribution is 7.18. The number of rotatable bonds is 5. The largest absolute Gasteiger partial charge is 0.456 e. The number of ketones is 1. The Balaban J connectivity index is 1.71. The average Bonchev–Trinajstić information content (AvgIpc) is 2.91. The van der Waals surface area contributed by atoms with Gasteiger partial charge in [-0.2, -0.15) is 0 Å². The van der Waals surface area contributed by atoms with E-state index in [9.17, 15) is 14.4 Å². The van der Waals surface area contributed by atoms with Crippen molar-refractivity contribution in [1.82, 2.24) is 9.55 Å². The predicted molar refractivity (Wildman–Crippen MR) is 100 cm³/mol. The van der Waals surface area contributed by atoms with Gasteiger partial charge in [0.2, 0.25) is 5.78 Å². The van der Waals surface area contributed by atoms with Crippen molar-refractivity contribution in [2.24, 2.45) is 0 Å². The number of carbonyl (C=O) groups is 2. The predicted octanol–water partition coefficient (Wildman–Crippen LogP) is 3.15. The molecule has 0 atom stereocenters. The summed E-state index contributed by atoms with van der Waals surface area (Å²) in [7, 11) is 0. The van der Waals surface area contributed by atoms with Gasteiger partial charge in [0.1, 0.15) is 11.4 Å². The molecule has 0 amide bonds. The molecule has 0 radical (unpaired) electrons. The summed E-state index contributed by atoms with van der Waals surface area (Å²) in [4.78, 5) is 42.5.